The molecular weight excluding hydrogens is 481 g/mol. The van der Waals surface area contributed by atoms with Gasteiger partial charge in [-0.25, -0.2) is 0 Å². The average molecular weight is 523 g/mol. The van der Waals surface area contributed by atoms with Gasteiger partial charge in [0.05, 0.1) is 10.7 Å². The van der Waals surface area contributed by atoms with Crippen molar-refractivity contribution in [1.29, 1.82) is 0 Å². The van der Waals surface area contributed by atoms with Crippen LogP contribution in [0.4, 0.5) is 5.69 Å². The lowest BCUT2D eigenvalue weighted by atomic mass is 10.0. The van der Waals surface area contributed by atoms with Crippen LogP contribution < -0.4 is 10.1 Å². The number of benzene rings is 2. The van der Waals surface area contributed by atoms with Crippen LogP contribution in [0.25, 0.3) is 0 Å². The van der Waals surface area contributed by atoms with Crippen molar-refractivity contribution in [3.8, 4) is 11.5 Å². The molecular formula is C29H41Cl2NO3. The first-order chi connectivity index (χ1) is 16.9. The molecule has 0 aliphatic rings. The van der Waals surface area contributed by atoms with Gasteiger partial charge in [0, 0.05) is 5.02 Å². The lowest BCUT2D eigenvalue weighted by molar-refractivity contribution is -0.118. The van der Waals surface area contributed by atoms with Crippen LogP contribution in [0.3, 0.4) is 0 Å². The maximum atomic E-state index is 12.4. The Hall–Kier alpha value is -1.91. The number of amides is 1. The summed E-state index contributed by atoms with van der Waals surface area (Å²) in [4.78, 5) is 12.4. The molecule has 4 nitrogen and oxygen atoms in total. The SMILES string of the molecule is CCCCCCCCCCCCCCc1ccccc1OCC(=O)Nc1cc(Cl)c(C)c(Cl)c1O. The number of carbonyl (C=O) groups is 1. The Morgan fingerprint density at radius 1 is 0.914 bits per heavy atom. The molecule has 0 fully saturated rings. The van der Waals surface area contributed by atoms with E-state index in [1.54, 1.807) is 6.92 Å². The number of aryl methyl sites for hydroxylation is 1. The third-order valence-corrected chi connectivity index (χ3v) is 7.18. The fourth-order valence-electron chi connectivity index (χ4n) is 4.14. The summed E-state index contributed by atoms with van der Waals surface area (Å²) >= 11 is 12.2. The number of carbonyl (C=O) groups excluding carboxylic acids is 1. The molecule has 35 heavy (non-hydrogen) atoms. The maximum Gasteiger partial charge on any atom is 0.262 e. The monoisotopic (exact) mass is 521 g/mol. The van der Waals surface area contributed by atoms with Crippen molar-refractivity contribution < 1.29 is 14.6 Å². The van der Waals surface area contributed by atoms with Crippen LogP contribution >= 0.6 is 23.2 Å². The van der Waals surface area contributed by atoms with Crippen molar-refractivity contribution in [1.82, 2.24) is 0 Å². The van der Waals surface area contributed by atoms with Crippen molar-refractivity contribution in [3.05, 3.63) is 51.5 Å². The highest BCUT2D eigenvalue weighted by molar-refractivity contribution is 6.37. The van der Waals surface area contributed by atoms with Gasteiger partial charge in [0.25, 0.3) is 5.91 Å². The number of unbranched alkanes of at least 4 members (excludes halogenated alkanes) is 11. The summed E-state index contributed by atoms with van der Waals surface area (Å²) in [6.45, 7) is 3.79. The van der Waals surface area contributed by atoms with Gasteiger partial charge in [-0.15, -0.1) is 0 Å². The quantitative estimate of drug-likeness (QED) is 0.161. The summed E-state index contributed by atoms with van der Waals surface area (Å²) in [6.07, 6.45) is 16.8. The zero-order valence-corrected chi connectivity index (χ0v) is 22.8. The van der Waals surface area contributed by atoms with E-state index < -0.39 is 5.91 Å². The number of hydrogen-bond acceptors (Lipinski definition) is 3. The van der Waals surface area contributed by atoms with E-state index >= 15 is 0 Å². The van der Waals surface area contributed by atoms with Crippen LogP contribution in [-0.4, -0.2) is 17.6 Å². The largest absolute Gasteiger partial charge is 0.504 e. The second-order valence-corrected chi connectivity index (χ2v) is 10.1. The number of ether oxygens (including phenoxy) is 1. The molecule has 194 valence electrons. The number of nitrogens with one attached hydrogen (secondary N) is 1. The molecule has 0 atom stereocenters. The minimum absolute atomic E-state index is 0.126. The zero-order chi connectivity index (χ0) is 25.5. The van der Waals surface area contributed by atoms with Gasteiger partial charge in [-0.05, 0) is 43.0 Å². The molecule has 0 aromatic heterocycles. The van der Waals surface area contributed by atoms with Gasteiger partial charge in [0.15, 0.2) is 12.4 Å². The molecule has 0 unspecified atom stereocenters. The van der Waals surface area contributed by atoms with Gasteiger partial charge < -0.3 is 15.2 Å². The number of para-hydroxylation sites is 1. The van der Waals surface area contributed by atoms with Crippen LogP contribution in [0.2, 0.25) is 10.0 Å². The first kappa shape index (κ1) is 29.3. The summed E-state index contributed by atoms with van der Waals surface area (Å²) in [7, 11) is 0. The smallest absolute Gasteiger partial charge is 0.262 e. The molecule has 0 aliphatic carbocycles. The van der Waals surface area contributed by atoms with Crippen molar-refractivity contribution >= 4 is 34.8 Å². The molecule has 0 radical (unpaired) electrons. The summed E-state index contributed by atoms with van der Waals surface area (Å²) < 4.78 is 5.79. The fourth-order valence-corrected chi connectivity index (χ4v) is 4.59. The molecule has 1 amide bonds. The zero-order valence-electron chi connectivity index (χ0n) is 21.3. The molecule has 2 N–H and O–H groups in total. The van der Waals surface area contributed by atoms with E-state index in [1.807, 2.05) is 18.2 Å². The van der Waals surface area contributed by atoms with E-state index in [-0.39, 0.29) is 23.1 Å². The van der Waals surface area contributed by atoms with Crippen LogP contribution in [0, 0.1) is 6.92 Å². The summed E-state index contributed by atoms with van der Waals surface area (Å²) in [5.74, 6) is 0.126. The number of aromatic hydroxyl groups is 1. The highest BCUT2D eigenvalue weighted by atomic mass is 35.5. The number of phenolic OH excluding ortho intramolecular Hbond substituents is 1. The Balaban J connectivity index is 1.67. The number of rotatable bonds is 17. The molecule has 0 heterocycles. The number of hydrogen-bond donors (Lipinski definition) is 2. The van der Waals surface area contributed by atoms with Gasteiger partial charge in [0.1, 0.15) is 5.75 Å². The Morgan fingerprint density at radius 3 is 2.11 bits per heavy atom. The van der Waals surface area contributed by atoms with Crippen LogP contribution in [0.5, 0.6) is 11.5 Å². The number of halogens is 2. The topological polar surface area (TPSA) is 58.6 Å². The highest BCUT2D eigenvalue weighted by Gasteiger charge is 2.15. The highest BCUT2D eigenvalue weighted by Crippen LogP contribution is 2.38. The first-order valence-electron chi connectivity index (χ1n) is 13.1. The van der Waals surface area contributed by atoms with E-state index in [9.17, 15) is 9.90 Å². The molecule has 6 heteroatoms. The minimum Gasteiger partial charge on any atom is -0.504 e. The van der Waals surface area contributed by atoms with Crippen molar-refractivity contribution in [2.24, 2.45) is 0 Å². The normalized spacial score (nSPS) is 11.0. The Kier molecular flexibility index (Phi) is 14.0. The standard InChI is InChI=1S/C29H41Cl2NO3/c1-3-4-5-6-7-8-9-10-11-12-13-14-17-23-18-15-16-19-26(23)35-21-27(33)32-25-20-24(30)22(2)28(31)29(25)34/h15-16,18-20,34H,3-14,17,21H2,1-2H3,(H,32,33). The molecule has 0 aliphatic heterocycles. The molecule has 0 saturated heterocycles. The van der Waals surface area contributed by atoms with Crippen molar-refractivity contribution in [2.75, 3.05) is 11.9 Å². The Labute approximate surface area is 221 Å². The van der Waals surface area contributed by atoms with E-state index in [2.05, 4.69) is 18.3 Å². The second-order valence-electron chi connectivity index (χ2n) is 9.28. The van der Waals surface area contributed by atoms with Crippen molar-refractivity contribution in [2.45, 2.75) is 97.3 Å². The molecule has 2 rings (SSSR count). The lowest BCUT2D eigenvalue weighted by Gasteiger charge is -2.13. The first-order valence-corrected chi connectivity index (χ1v) is 13.9. The molecule has 2 aromatic carbocycles. The lowest BCUT2D eigenvalue weighted by Crippen LogP contribution is -2.20. The van der Waals surface area contributed by atoms with E-state index in [0.29, 0.717) is 10.6 Å². The van der Waals surface area contributed by atoms with Gasteiger partial charge in [-0.3, -0.25) is 4.79 Å². The van der Waals surface area contributed by atoms with Crippen molar-refractivity contribution in [3.63, 3.8) is 0 Å². The van der Waals surface area contributed by atoms with E-state index in [0.717, 1.165) is 24.2 Å². The van der Waals surface area contributed by atoms with Gasteiger partial charge in [0.2, 0.25) is 0 Å². The minimum atomic E-state index is -0.392. The number of phenols is 1. The molecule has 0 bridgehead atoms. The fraction of sp³-hybridized carbons (Fsp3) is 0.552. The van der Waals surface area contributed by atoms with Crippen LogP contribution in [0.15, 0.2) is 30.3 Å². The molecule has 0 spiro atoms. The number of anilines is 1. The third kappa shape index (κ3) is 10.7. The molecule has 0 saturated carbocycles. The Morgan fingerprint density at radius 2 is 1.49 bits per heavy atom. The third-order valence-electron chi connectivity index (χ3n) is 6.33. The average Bonchev–Trinajstić information content (AvgIpc) is 2.86. The summed E-state index contributed by atoms with van der Waals surface area (Å²) in [5, 5.41) is 13.3. The Bertz CT molecular complexity index is 917. The van der Waals surface area contributed by atoms with E-state index in [1.165, 1.54) is 76.7 Å². The van der Waals surface area contributed by atoms with Gasteiger partial charge in [-0.1, -0.05) is 119 Å². The molecule has 2 aromatic rings. The van der Waals surface area contributed by atoms with Gasteiger partial charge in [-0.2, -0.15) is 0 Å². The van der Waals surface area contributed by atoms with E-state index in [4.69, 9.17) is 27.9 Å². The van der Waals surface area contributed by atoms with Crippen LogP contribution in [0.1, 0.15) is 95.1 Å². The summed E-state index contributed by atoms with van der Waals surface area (Å²) in [5.41, 5.74) is 1.84. The summed E-state index contributed by atoms with van der Waals surface area (Å²) in [6, 6.07) is 9.33. The van der Waals surface area contributed by atoms with Gasteiger partial charge >= 0.3 is 0 Å². The van der Waals surface area contributed by atoms with Crippen LogP contribution in [-0.2, 0) is 11.2 Å². The maximum absolute atomic E-state index is 12.4. The predicted molar refractivity (Wildman–Crippen MR) is 148 cm³/mol. The predicted octanol–water partition coefficient (Wildman–Crippen LogP) is 9.27. The second kappa shape index (κ2) is 16.7.